The van der Waals surface area contributed by atoms with E-state index >= 15 is 0 Å². The largest absolute Gasteiger partial charge is 0.493 e. The van der Waals surface area contributed by atoms with Crippen molar-refractivity contribution < 1.29 is 14.2 Å². The van der Waals surface area contributed by atoms with Gasteiger partial charge in [0.05, 0.1) is 38.1 Å². The van der Waals surface area contributed by atoms with Gasteiger partial charge < -0.3 is 14.2 Å². The van der Waals surface area contributed by atoms with Gasteiger partial charge in [-0.25, -0.2) is 9.97 Å². The van der Waals surface area contributed by atoms with Gasteiger partial charge in [0.2, 0.25) is 0 Å². The minimum Gasteiger partial charge on any atom is -0.493 e. The topological polar surface area (TPSA) is 53.5 Å². The standard InChI is InChI=1S/C17H22N2O3S/c1-20-16-7-13-14(8-17(16)21-2)18-10-19-15(13)9-22-11-4-5-12(6-11)23-3/h7-8,10-12H,4-6,9H2,1-3H3. The van der Waals surface area contributed by atoms with E-state index in [1.165, 1.54) is 6.42 Å². The van der Waals surface area contributed by atoms with Gasteiger partial charge in [-0.05, 0) is 31.6 Å². The number of hydrogen-bond acceptors (Lipinski definition) is 6. The number of methoxy groups -OCH3 is 2. The van der Waals surface area contributed by atoms with Crippen LogP contribution in [0, 0.1) is 0 Å². The van der Waals surface area contributed by atoms with Crippen molar-refractivity contribution in [3.63, 3.8) is 0 Å². The molecule has 23 heavy (non-hydrogen) atoms. The van der Waals surface area contributed by atoms with Gasteiger partial charge >= 0.3 is 0 Å². The number of thioether (sulfide) groups is 1. The number of aromatic nitrogens is 2. The van der Waals surface area contributed by atoms with Gasteiger partial charge in [0.15, 0.2) is 11.5 Å². The summed E-state index contributed by atoms with van der Waals surface area (Å²) < 4.78 is 16.8. The van der Waals surface area contributed by atoms with Crippen LogP contribution in [0.3, 0.4) is 0 Å². The van der Waals surface area contributed by atoms with Crippen LogP contribution in [0.1, 0.15) is 25.0 Å². The third-order valence-electron chi connectivity index (χ3n) is 4.35. The molecule has 1 aromatic heterocycles. The Balaban J connectivity index is 1.80. The Morgan fingerprint density at radius 1 is 1.13 bits per heavy atom. The summed E-state index contributed by atoms with van der Waals surface area (Å²) in [4.78, 5) is 8.73. The monoisotopic (exact) mass is 334 g/mol. The molecule has 0 N–H and O–H groups in total. The van der Waals surface area contributed by atoms with E-state index in [1.54, 1.807) is 20.5 Å². The Kier molecular flexibility index (Phi) is 5.23. The fourth-order valence-corrected chi connectivity index (χ4v) is 3.79. The van der Waals surface area contributed by atoms with Crippen LogP contribution in [0.25, 0.3) is 10.9 Å². The van der Waals surface area contributed by atoms with E-state index in [0.29, 0.717) is 24.2 Å². The normalized spacial score (nSPS) is 20.8. The third-order valence-corrected chi connectivity index (χ3v) is 5.44. The van der Waals surface area contributed by atoms with Gasteiger partial charge in [0, 0.05) is 16.7 Å². The minimum atomic E-state index is 0.331. The van der Waals surface area contributed by atoms with E-state index in [2.05, 4.69) is 16.2 Å². The molecular formula is C17H22N2O3S. The fraction of sp³-hybridized carbons (Fsp3) is 0.529. The number of fused-ring (bicyclic) bond motifs is 1. The molecule has 0 amide bonds. The maximum absolute atomic E-state index is 6.08. The van der Waals surface area contributed by atoms with Gasteiger partial charge in [-0.3, -0.25) is 0 Å². The Hall–Kier alpha value is -1.53. The van der Waals surface area contributed by atoms with Gasteiger partial charge in [-0.15, -0.1) is 0 Å². The highest BCUT2D eigenvalue weighted by atomic mass is 32.2. The highest BCUT2D eigenvalue weighted by molar-refractivity contribution is 7.99. The van der Waals surface area contributed by atoms with Gasteiger partial charge in [-0.1, -0.05) is 0 Å². The predicted octanol–water partition coefficient (Wildman–Crippen LogP) is 3.45. The van der Waals surface area contributed by atoms with Crippen LogP contribution in [0.2, 0.25) is 0 Å². The summed E-state index contributed by atoms with van der Waals surface area (Å²) in [7, 11) is 3.25. The Morgan fingerprint density at radius 2 is 1.91 bits per heavy atom. The van der Waals surface area contributed by atoms with Gasteiger partial charge in [0.25, 0.3) is 0 Å². The van der Waals surface area contributed by atoms with Crippen molar-refractivity contribution in [3.8, 4) is 11.5 Å². The van der Waals surface area contributed by atoms with Gasteiger partial charge in [0.1, 0.15) is 6.33 Å². The molecule has 2 atom stereocenters. The molecule has 1 saturated carbocycles. The summed E-state index contributed by atoms with van der Waals surface area (Å²) in [5, 5.41) is 1.68. The summed E-state index contributed by atoms with van der Waals surface area (Å²) >= 11 is 1.93. The molecular weight excluding hydrogens is 312 g/mol. The van der Waals surface area contributed by atoms with E-state index in [4.69, 9.17) is 14.2 Å². The third kappa shape index (κ3) is 3.53. The van der Waals surface area contributed by atoms with Crippen LogP contribution < -0.4 is 9.47 Å². The molecule has 1 fully saturated rings. The lowest BCUT2D eigenvalue weighted by atomic mass is 10.1. The molecule has 0 bridgehead atoms. The SMILES string of the molecule is COc1cc2ncnc(COC3CCC(SC)C3)c2cc1OC. The smallest absolute Gasteiger partial charge is 0.162 e. The minimum absolute atomic E-state index is 0.331. The van der Waals surface area contributed by atoms with Crippen LogP contribution >= 0.6 is 11.8 Å². The molecule has 0 spiro atoms. The first kappa shape index (κ1) is 16.3. The van der Waals surface area contributed by atoms with Crippen molar-refractivity contribution in [3.05, 3.63) is 24.2 Å². The second kappa shape index (κ2) is 7.36. The Labute approximate surface area is 140 Å². The zero-order chi connectivity index (χ0) is 16.2. The fourth-order valence-electron chi connectivity index (χ4n) is 3.01. The average Bonchev–Trinajstić information content (AvgIpc) is 3.06. The maximum Gasteiger partial charge on any atom is 0.162 e. The predicted molar refractivity (Wildman–Crippen MR) is 92.4 cm³/mol. The number of rotatable bonds is 6. The van der Waals surface area contributed by atoms with Crippen LogP contribution in [0.15, 0.2) is 18.5 Å². The molecule has 1 aliphatic carbocycles. The molecule has 3 rings (SSSR count). The first-order valence-electron chi connectivity index (χ1n) is 7.75. The Bertz CT molecular complexity index is 680. The van der Waals surface area contributed by atoms with Crippen molar-refractivity contribution in [2.24, 2.45) is 0 Å². The van der Waals surface area contributed by atoms with Crippen LogP contribution in [0.4, 0.5) is 0 Å². The first-order valence-corrected chi connectivity index (χ1v) is 9.04. The van der Waals surface area contributed by atoms with Crippen molar-refractivity contribution >= 4 is 22.7 Å². The van der Waals surface area contributed by atoms with E-state index in [-0.39, 0.29) is 0 Å². The molecule has 2 aromatic rings. The van der Waals surface area contributed by atoms with Crippen molar-refractivity contribution in [1.29, 1.82) is 0 Å². The highest BCUT2D eigenvalue weighted by Crippen LogP contribution is 2.33. The summed E-state index contributed by atoms with van der Waals surface area (Å²) in [6.45, 7) is 0.500. The molecule has 1 aromatic carbocycles. The summed E-state index contributed by atoms with van der Waals surface area (Å²) in [5.41, 5.74) is 1.73. The molecule has 6 heteroatoms. The lowest BCUT2D eigenvalue weighted by Gasteiger charge is -2.14. The number of ether oxygens (including phenoxy) is 3. The van der Waals surface area contributed by atoms with Crippen LogP contribution in [0.5, 0.6) is 11.5 Å². The molecule has 1 heterocycles. The van der Waals surface area contributed by atoms with Crippen molar-refractivity contribution in [2.75, 3.05) is 20.5 Å². The number of hydrogen-bond donors (Lipinski definition) is 0. The second-order valence-corrected chi connectivity index (χ2v) is 6.79. The first-order chi connectivity index (χ1) is 11.2. The number of benzene rings is 1. The zero-order valence-corrected chi connectivity index (χ0v) is 14.6. The van der Waals surface area contributed by atoms with E-state index in [9.17, 15) is 0 Å². The van der Waals surface area contributed by atoms with Crippen LogP contribution in [-0.4, -0.2) is 41.8 Å². The van der Waals surface area contributed by atoms with Gasteiger partial charge in [-0.2, -0.15) is 11.8 Å². The lowest BCUT2D eigenvalue weighted by Crippen LogP contribution is -2.10. The Morgan fingerprint density at radius 3 is 2.61 bits per heavy atom. The summed E-state index contributed by atoms with van der Waals surface area (Å²) in [6, 6.07) is 3.80. The molecule has 0 aliphatic heterocycles. The number of nitrogens with zero attached hydrogens (tertiary/aromatic N) is 2. The molecule has 124 valence electrons. The summed E-state index contributed by atoms with van der Waals surface area (Å²) in [6.07, 6.45) is 7.57. The molecule has 0 radical (unpaired) electrons. The maximum atomic E-state index is 6.08. The van der Waals surface area contributed by atoms with E-state index < -0.39 is 0 Å². The van der Waals surface area contributed by atoms with E-state index in [0.717, 1.165) is 34.7 Å². The zero-order valence-electron chi connectivity index (χ0n) is 13.7. The van der Waals surface area contributed by atoms with E-state index in [1.807, 2.05) is 23.9 Å². The van der Waals surface area contributed by atoms with Crippen LogP contribution in [-0.2, 0) is 11.3 Å². The quantitative estimate of drug-likeness (QED) is 0.806. The molecule has 1 aliphatic rings. The van der Waals surface area contributed by atoms with Crippen molar-refractivity contribution in [2.45, 2.75) is 37.2 Å². The van der Waals surface area contributed by atoms with Crippen molar-refractivity contribution in [1.82, 2.24) is 9.97 Å². The second-order valence-electron chi connectivity index (χ2n) is 5.65. The molecule has 0 saturated heterocycles. The summed E-state index contributed by atoms with van der Waals surface area (Å²) in [5.74, 6) is 1.35. The highest BCUT2D eigenvalue weighted by Gasteiger charge is 2.24. The average molecular weight is 334 g/mol. The molecule has 2 unspecified atom stereocenters. The molecule has 5 nitrogen and oxygen atoms in total. The lowest BCUT2D eigenvalue weighted by molar-refractivity contribution is 0.0447.